The van der Waals surface area contributed by atoms with E-state index in [1.165, 1.54) is 0 Å². The van der Waals surface area contributed by atoms with Crippen LogP contribution < -0.4 is 26.6 Å². The number of nitrogens with two attached hydrogens (primary N) is 1. The van der Waals surface area contributed by atoms with E-state index in [-0.39, 0.29) is 30.6 Å². The number of hydrazine groups is 1. The third-order valence-electron chi connectivity index (χ3n) is 5.53. The molecule has 32 heavy (non-hydrogen) atoms. The van der Waals surface area contributed by atoms with Gasteiger partial charge in [0.2, 0.25) is 0 Å². The van der Waals surface area contributed by atoms with Crippen LogP contribution in [0.4, 0.5) is 0 Å². The SMILES string of the molecule is CC1C(NC(=O)c2cccc(COc3ccccc3C(N)=O)c2)NNC1c1ccncc1. The highest BCUT2D eigenvalue weighted by Gasteiger charge is 2.34. The van der Waals surface area contributed by atoms with Crippen LogP contribution >= 0.6 is 0 Å². The molecule has 1 aliphatic heterocycles. The maximum Gasteiger partial charge on any atom is 0.252 e. The maximum absolute atomic E-state index is 12.9. The minimum Gasteiger partial charge on any atom is -0.488 e. The van der Waals surface area contributed by atoms with Crippen LogP contribution in [0.25, 0.3) is 0 Å². The second kappa shape index (κ2) is 9.59. The zero-order valence-electron chi connectivity index (χ0n) is 17.6. The maximum atomic E-state index is 12.9. The van der Waals surface area contributed by atoms with Gasteiger partial charge in [-0.05, 0) is 47.5 Å². The zero-order chi connectivity index (χ0) is 22.5. The first kappa shape index (κ1) is 21.5. The van der Waals surface area contributed by atoms with Gasteiger partial charge in [0.05, 0.1) is 17.8 Å². The van der Waals surface area contributed by atoms with E-state index in [0.29, 0.717) is 16.9 Å². The molecule has 3 unspecified atom stereocenters. The van der Waals surface area contributed by atoms with Gasteiger partial charge in [0.1, 0.15) is 12.4 Å². The van der Waals surface area contributed by atoms with E-state index in [0.717, 1.165) is 11.1 Å². The summed E-state index contributed by atoms with van der Waals surface area (Å²) in [6.07, 6.45) is 3.28. The van der Waals surface area contributed by atoms with Crippen molar-refractivity contribution < 1.29 is 14.3 Å². The number of aromatic nitrogens is 1. The van der Waals surface area contributed by atoms with Crippen molar-refractivity contribution in [2.24, 2.45) is 11.7 Å². The van der Waals surface area contributed by atoms with Crippen LogP contribution in [-0.4, -0.2) is 23.0 Å². The van der Waals surface area contributed by atoms with Crippen LogP contribution in [0, 0.1) is 5.92 Å². The number of pyridine rings is 1. The molecule has 0 spiro atoms. The van der Waals surface area contributed by atoms with E-state index in [9.17, 15) is 9.59 Å². The van der Waals surface area contributed by atoms with Gasteiger partial charge >= 0.3 is 0 Å². The lowest BCUT2D eigenvalue weighted by Crippen LogP contribution is -2.46. The van der Waals surface area contributed by atoms with Gasteiger partial charge in [-0.25, -0.2) is 10.9 Å². The molecule has 3 aromatic rings. The third-order valence-corrected chi connectivity index (χ3v) is 5.53. The van der Waals surface area contributed by atoms with Crippen molar-refractivity contribution in [1.29, 1.82) is 0 Å². The van der Waals surface area contributed by atoms with E-state index in [1.807, 2.05) is 18.2 Å². The zero-order valence-corrected chi connectivity index (χ0v) is 17.6. The van der Waals surface area contributed by atoms with Crippen molar-refractivity contribution in [3.63, 3.8) is 0 Å². The Hall–Kier alpha value is -3.75. The predicted molar refractivity (Wildman–Crippen MR) is 119 cm³/mol. The van der Waals surface area contributed by atoms with Gasteiger partial charge in [0.15, 0.2) is 0 Å². The highest BCUT2D eigenvalue weighted by molar-refractivity contribution is 5.95. The first-order valence-corrected chi connectivity index (χ1v) is 10.4. The quantitative estimate of drug-likeness (QED) is 0.456. The average Bonchev–Trinajstić information content (AvgIpc) is 3.18. The second-order valence-electron chi connectivity index (χ2n) is 7.71. The molecular formula is C24H25N5O3. The fraction of sp³-hybridized carbons (Fsp3) is 0.208. The lowest BCUT2D eigenvalue weighted by Gasteiger charge is -2.20. The molecule has 2 heterocycles. The predicted octanol–water partition coefficient (Wildman–Crippen LogP) is 2.30. The molecule has 1 fully saturated rings. The Morgan fingerprint density at radius 2 is 1.84 bits per heavy atom. The summed E-state index contributed by atoms with van der Waals surface area (Å²) in [5, 5.41) is 3.04. The number of carbonyl (C=O) groups excluding carboxylic acids is 2. The Kier molecular flexibility index (Phi) is 6.44. The summed E-state index contributed by atoms with van der Waals surface area (Å²) in [5.74, 6) is -0.207. The molecule has 0 aliphatic carbocycles. The molecule has 0 saturated carbocycles. The van der Waals surface area contributed by atoms with E-state index < -0.39 is 5.91 Å². The largest absolute Gasteiger partial charge is 0.488 e. The van der Waals surface area contributed by atoms with Gasteiger partial charge in [0.25, 0.3) is 11.8 Å². The lowest BCUT2D eigenvalue weighted by molar-refractivity contribution is 0.0922. The number of hydrogen-bond acceptors (Lipinski definition) is 6. The molecule has 8 heteroatoms. The van der Waals surface area contributed by atoms with E-state index >= 15 is 0 Å². The molecule has 0 radical (unpaired) electrons. The Morgan fingerprint density at radius 3 is 2.62 bits per heavy atom. The molecule has 1 aromatic heterocycles. The number of primary amides is 1. The van der Waals surface area contributed by atoms with Crippen LogP contribution in [0.1, 0.15) is 44.8 Å². The van der Waals surface area contributed by atoms with Gasteiger partial charge in [-0.3, -0.25) is 14.6 Å². The number of para-hydroxylation sites is 1. The van der Waals surface area contributed by atoms with Crippen molar-refractivity contribution in [1.82, 2.24) is 21.2 Å². The highest BCUT2D eigenvalue weighted by Crippen LogP contribution is 2.27. The Morgan fingerprint density at radius 1 is 1.06 bits per heavy atom. The summed E-state index contributed by atoms with van der Waals surface area (Å²) in [6.45, 7) is 2.28. The summed E-state index contributed by atoms with van der Waals surface area (Å²) in [7, 11) is 0. The second-order valence-corrected chi connectivity index (χ2v) is 7.71. The summed E-state index contributed by atoms with van der Waals surface area (Å²) in [5.41, 5.74) is 14.6. The molecule has 4 rings (SSSR count). The average molecular weight is 431 g/mol. The van der Waals surface area contributed by atoms with Crippen molar-refractivity contribution >= 4 is 11.8 Å². The number of nitrogens with zero attached hydrogens (tertiary/aromatic N) is 1. The molecule has 164 valence electrons. The standard InChI is InChI=1S/C24H25N5O3/c1-15-21(17-9-11-26-12-10-17)28-29-23(15)27-24(31)18-6-4-5-16(13-18)14-32-20-8-3-2-7-19(20)22(25)30/h2-13,15,21,23,28-29H,14H2,1H3,(H2,25,30)(H,27,31). The van der Waals surface area contributed by atoms with Gasteiger partial charge in [-0.2, -0.15) is 0 Å². The molecule has 8 nitrogen and oxygen atoms in total. The fourth-order valence-electron chi connectivity index (χ4n) is 3.74. The molecule has 2 amide bonds. The van der Waals surface area contributed by atoms with Crippen molar-refractivity contribution in [2.75, 3.05) is 0 Å². The van der Waals surface area contributed by atoms with E-state index in [1.54, 1.807) is 54.9 Å². The Balaban J connectivity index is 1.39. The third kappa shape index (κ3) is 4.77. The van der Waals surface area contributed by atoms with Crippen LogP contribution in [0.2, 0.25) is 0 Å². The summed E-state index contributed by atoms with van der Waals surface area (Å²) < 4.78 is 5.77. The number of rotatable bonds is 7. The van der Waals surface area contributed by atoms with Crippen molar-refractivity contribution in [3.05, 3.63) is 95.3 Å². The lowest BCUT2D eigenvalue weighted by atomic mass is 9.95. The Bertz CT molecular complexity index is 1110. The molecule has 1 aliphatic rings. The first-order valence-electron chi connectivity index (χ1n) is 10.4. The van der Waals surface area contributed by atoms with Crippen LogP contribution in [-0.2, 0) is 6.61 Å². The first-order chi connectivity index (χ1) is 15.5. The molecule has 3 atom stereocenters. The number of hydrogen-bond donors (Lipinski definition) is 4. The summed E-state index contributed by atoms with van der Waals surface area (Å²) in [6, 6.07) is 18.0. The fourth-order valence-corrected chi connectivity index (χ4v) is 3.74. The topological polar surface area (TPSA) is 118 Å². The molecular weight excluding hydrogens is 406 g/mol. The number of ether oxygens (including phenoxy) is 1. The number of benzene rings is 2. The summed E-state index contributed by atoms with van der Waals surface area (Å²) >= 11 is 0. The van der Waals surface area contributed by atoms with Crippen molar-refractivity contribution in [2.45, 2.75) is 25.7 Å². The van der Waals surface area contributed by atoms with Gasteiger partial charge in [0, 0.05) is 23.9 Å². The number of carbonyl (C=O) groups is 2. The van der Waals surface area contributed by atoms with Gasteiger partial charge in [-0.15, -0.1) is 0 Å². The molecule has 1 saturated heterocycles. The number of nitrogens with one attached hydrogen (secondary N) is 3. The molecule has 5 N–H and O–H groups in total. The van der Waals surface area contributed by atoms with Crippen molar-refractivity contribution in [3.8, 4) is 5.75 Å². The Labute approximate surface area is 186 Å². The van der Waals surface area contributed by atoms with Crippen LogP contribution in [0.15, 0.2) is 73.1 Å². The summed E-state index contributed by atoms with van der Waals surface area (Å²) in [4.78, 5) is 28.5. The smallest absolute Gasteiger partial charge is 0.252 e. The normalized spacial score (nSPS) is 20.0. The number of amides is 2. The van der Waals surface area contributed by atoms with Gasteiger partial charge < -0.3 is 15.8 Å². The monoisotopic (exact) mass is 431 g/mol. The van der Waals surface area contributed by atoms with E-state index in [4.69, 9.17) is 10.5 Å². The van der Waals surface area contributed by atoms with Crippen LogP contribution in [0.3, 0.4) is 0 Å². The minimum atomic E-state index is -0.550. The van der Waals surface area contributed by atoms with E-state index in [2.05, 4.69) is 28.1 Å². The highest BCUT2D eigenvalue weighted by atomic mass is 16.5. The van der Waals surface area contributed by atoms with Gasteiger partial charge in [-0.1, -0.05) is 31.2 Å². The molecule has 2 aromatic carbocycles. The van der Waals surface area contributed by atoms with Crippen LogP contribution in [0.5, 0.6) is 5.75 Å². The molecule has 0 bridgehead atoms. The minimum absolute atomic E-state index is 0.0633.